The molecule has 0 amide bonds. The van der Waals surface area contributed by atoms with E-state index in [0.717, 1.165) is 26.3 Å². The van der Waals surface area contributed by atoms with Crippen molar-refractivity contribution in [2.75, 3.05) is 26.3 Å². The quantitative estimate of drug-likeness (QED) is 0.375. The topological polar surface area (TPSA) is 23.3 Å². The first kappa shape index (κ1) is 11.9. The molecule has 8 heavy (non-hydrogen) atoms. The maximum absolute atomic E-state index is 4.98. The van der Waals surface area contributed by atoms with Crippen molar-refractivity contribution in [1.82, 2.24) is 0 Å². The van der Waals surface area contributed by atoms with E-state index in [-0.39, 0.29) is 39.3 Å². The van der Waals surface area contributed by atoms with Crippen molar-refractivity contribution in [3.05, 3.63) is 5.32 Å². The molecule has 4 heteroatoms. The van der Waals surface area contributed by atoms with Crippen molar-refractivity contribution < 1.29 is 30.6 Å². The Morgan fingerprint density at radius 2 is 1.62 bits per heavy atom. The Bertz CT molecular complexity index is 31.5. The zero-order valence-corrected chi connectivity index (χ0v) is 7.41. The first-order chi connectivity index (χ1) is 3.00. The van der Waals surface area contributed by atoms with Crippen molar-refractivity contribution in [1.29, 1.82) is 0 Å². The maximum Gasteiger partial charge on any atom is 0.0277 e. The van der Waals surface area contributed by atoms with Crippen LogP contribution in [0.15, 0.2) is 0 Å². The van der Waals surface area contributed by atoms with Crippen LogP contribution in [0, 0.1) is 0 Å². The van der Waals surface area contributed by atoms with Crippen molar-refractivity contribution >= 4 is 13.5 Å². The summed E-state index contributed by atoms with van der Waals surface area (Å²) in [5.41, 5.74) is 0. The van der Waals surface area contributed by atoms with Crippen LogP contribution < -0.4 is 0 Å². The first-order valence-corrected chi connectivity index (χ1v) is 2.21. The number of rotatable bonds is 0. The van der Waals surface area contributed by atoms with E-state index in [2.05, 4.69) is 5.32 Å². The number of hydrogen-bond acceptors (Lipinski definition) is 2. The molecule has 1 rings (SSSR count). The third kappa shape index (κ3) is 5.28. The third-order valence-electron chi connectivity index (χ3n) is 0.787. The minimum Gasteiger partial charge on any atom is -0.813 e. The number of nitrogens with zero attached hydrogens (tertiary/aromatic N) is 1. The Hall–Kier alpha value is 1.14. The van der Waals surface area contributed by atoms with Crippen LogP contribution in [0.1, 0.15) is 0 Å². The van der Waals surface area contributed by atoms with Gasteiger partial charge in [-0.05, 0) is 0 Å². The number of ether oxygens (including phenoxy) is 1. The second-order valence-electron chi connectivity index (χ2n) is 1.28. The third-order valence-corrected chi connectivity index (χ3v) is 0.787. The van der Waals surface area contributed by atoms with E-state index in [1.165, 1.54) is 0 Å². The van der Waals surface area contributed by atoms with E-state index in [9.17, 15) is 0 Å². The molecule has 0 aromatic rings. The molecule has 1 heterocycles. The van der Waals surface area contributed by atoms with Gasteiger partial charge in [0.15, 0.2) is 0 Å². The van der Waals surface area contributed by atoms with Gasteiger partial charge in [0, 0.05) is 39.1 Å². The molecular weight excluding hydrogens is 155 g/mol. The van der Waals surface area contributed by atoms with Crippen LogP contribution in [-0.2, 0) is 44.1 Å². The second-order valence-corrected chi connectivity index (χ2v) is 1.28. The van der Waals surface area contributed by atoms with E-state index >= 15 is 0 Å². The van der Waals surface area contributed by atoms with E-state index in [0.29, 0.717) is 0 Å². The average Bonchev–Trinajstić information content (AvgIpc) is 1.72. The van der Waals surface area contributed by atoms with Gasteiger partial charge in [-0.1, -0.05) is 0 Å². The fourth-order valence-electron chi connectivity index (χ4n) is 0.472. The minimum absolute atomic E-state index is 0. The van der Waals surface area contributed by atoms with Crippen molar-refractivity contribution in [3.8, 4) is 0 Å². The molecule has 1 saturated heterocycles. The van der Waals surface area contributed by atoms with Gasteiger partial charge >= 0.3 is 0 Å². The van der Waals surface area contributed by atoms with E-state index in [4.69, 9.17) is 4.74 Å². The van der Waals surface area contributed by atoms with Gasteiger partial charge in [0.2, 0.25) is 0 Å². The molecule has 1 fully saturated rings. The Balaban J connectivity index is 0. The van der Waals surface area contributed by atoms with Gasteiger partial charge in [-0.15, -0.1) is 13.1 Å². The average molecular weight is 164 g/mol. The molecule has 0 aliphatic carbocycles. The molecule has 0 N–H and O–H groups in total. The molecular formula is C4H9NOSSc-2. The predicted octanol–water partition coefficient (Wildman–Crippen LogP) is 0.118. The molecule has 2 nitrogen and oxygen atoms in total. The molecule has 47 valence electrons. The summed E-state index contributed by atoms with van der Waals surface area (Å²) < 4.78 is 4.98. The zero-order chi connectivity index (χ0) is 4.24. The van der Waals surface area contributed by atoms with Gasteiger partial charge in [0.05, 0.1) is 0 Å². The molecule has 1 aliphatic heterocycles. The number of morpholine rings is 1. The van der Waals surface area contributed by atoms with E-state index < -0.39 is 0 Å². The first-order valence-electron chi connectivity index (χ1n) is 2.21. The summed E-state index contributed by atoms with van der Waals surface area (Å²) in [6.45, 7) is 3.47. The van der Waals surface area contributed by atoms with Gasteiger partial charge < -0.3 is 23.5 Å². The monoisotopic (exact) mass is 164 g/mol. The summed E-state index contributed by atoms with van der Waals surface area (Å²) in [5, 5.41) is 4.05. The molecule has 0 aromatic carbocycles. The molecule has 0 spiro atoms. The SMILES string of the molecule is C1COCC[N-]1.[SH-].[Sc]. The molecule has 1 aliphatic rings. The Kier molecular flexibility index (Phi) is 12.1. The van der Waals surface area contributed by atoms with Crippen LogP contribution in [0.3, 0.4) is 0 Å². The summed E-state index contributed by atoms with van der Waals surface area (Å²) in [6.07, 6.45) is 0. The van der Waals surface area contributed by atoms with Gasteiger partial charge in [-0.3, -0.25) is 0 Å². The number of thiol groups is 1. The smallest absolute Gasteiger partial charge is 0.0277 e. The van der Waals surface area contributed by atoms with Gasteiger partial charge in [-0.25, -0.2) is 0 Å². The maximum atomic E-state index is 4.98. The van der Waals surface area contributed by atoms with Crippen LogP contribution in [0.25, 0.3) is 5.32 Å². The number of hydrogen-bond donors (Lipinski definition) is 0. The van der Waals surface area contributed by atoms with Crippen molar-refractivity contribution in [2.45, 2.75) is 0 Å². The normalized spacial score (nSPS) is 18.0. The molecule has 0 unspecified atom stereocenters. The van der Waals surface area contributed by atoms with Gasteiger partial charge in [0.1, 0.15) is 0 Å². The van der Waals surface area contributed by atoms with Crippen LogP contribution in [0.2, 0.25) is 0 Å². The van der Waals surface area contributed by atoms with E-state index in [1.807, 2.05) is 0 Å². The van der Waals surface area contributed by atoms with Gasteiger partial charge in [0.25, 0.3) is 0 Å². The van der Waals surface area contributed by atoms with Gasteiger partial charge in [-0.2, -0.15) is 0 Å². The standard InChI is InChI=1S/C4H8NO.H2S.Sc/c1-3-6-4-2-5-1;;/h1-4H2;1H2;/q-1;;/p-1. The van der Waals surface area contributed by atoms with Crippen LogP contribution in [0.4, 0.5) is 0 Å². The zero-order valence-electron chi connectivity index (χ0n) is 4.71. The van der Waals surface area contributed by atoms with Crippen molar-refractivity contribution in [2.24, 2.45) is 0 Å². The Morgan fingerprint density at radius 1 is 1.12 bits per heavy atom. The molecule has 0 bridgehead atoms. The molecule has 0 saturated carbocycles. The predicted molar refractivity (Wildman–Crippen MR) is 32.7 cm³/mol. The largest absolute Gasteiger partial charge is 0.813 e. The summed E-state index contributed by atoms with van der Waals surface area (Å²) in [7, 11) is 0. The summed E-state index contributed by atoms with van der Waals surface area (Å²) in [4.78, 5) is 0. The van der Waals surface area contributed by atoms with Crippen LogP contribution in [0.5, 0.6) is 0 Å². The Morgan fingerprint density at radius 3 is 1.75 bits per heavy atom. The summed E-state index contributed by atoms with van der Waals surface area (Å²) >= 11 is 0. The molecule has 0 atom stereocenters. The van der Waals surface area contributed by atoms with E-state index in [1.54, 1.807) is 0 Å². The molecule has 0 aromatic heterocycles. The fraction of sp³-hybridized carbons (Fsp3) is 1.00. The fourth-order valence-corrected chi connectivity index (χ4v) is 0.472. The van der Waals surface area contributed by atoms with Crippen LogP contribution in [-0.4, -0.2) is 26.3 Å². The Labute approximate surface area is 75.6 Å². The molecule has 1 radical (unpaired) electrons. The second kappa shape index (κ2) is 8.14. The summed E-state index contributed by atoms with van der Waals surface area (Å²) in [5.74, 6) is 0. The van der Waals surface area contributed by atoms with Crippen LogP contribution >= 0.6 is 0 Å². The summed E-state index contributed by atoms with van der Waals surface area (Å²) in [6, 6.07) is 0. The van der Waals surface area contributed by atoms with Crippen molar-refractivity contribution in [3.63, 3.8) is 0 Å². The minimum atomic E-state index is 0.